The Morgan fingerprint density at radius 3 is 2.54 bits per heavy atom. The number of primary amides is 1. The van der Waals surface area contributed by atoms with Crippen LogP contribution in [-0.2, 0) is 11.2 Å². The minimum absolute atomic E-state index is 0.00600. The molecule has 2 atom stereocenters. The number of rotatable bonds is 4. The number of ether oxygens (including phenoxy) is 1. The van der Waals surface area contributed by atoms with Crippen LogP contribution in [0.4, 0.5) is 23.2 Å². The van der Waals surface area contributed by atoms with Crippen LogP contribution in [0.1, 0.15) is 28.9 Å². The first-order chi connectivity index (χ1) is 17.3. The zero-order valence-electron chi connectivity index (χ0n) is 19.2. The molecular formula is C25H20ClF4N3O4. The Kier molecular flexibility index (Phi) is 7.00. The van der Waals surface area contributed by atoms with E-state index in [9.17, 15) is 31.9 Å². The van der Waals surface area contributed by atoms with Crippen molar-refractivity contribution >= 4 is 29.1 Å². The number of hydrogen-bond acceptors (Lipinski definition) is 4. The molecule has 0 fully saturated rings. The molecule has 7 nitrogen and oxygen atoms in total. The monoisotopic (exact) mass is 537 g/mol. The minimum Gasteiger partial charge on any atom is -0.491 e. The van der Waals surface area contributed by atoms with Crippen molar-refractivity contribution in [1.82, 2.24) is 4.57 Å². The van der Waals surface area contributed by atoms with Gasteiger partial charge >= 0.3 is 6.18 Å². The summed E-state index contributed by atoms with van der Waals surface area (Å²) >= 11 is 6.09. The summed E-state index contributed by atoms with van der Waals surface area (Å²) in [5.41, 5.74) is 5.00. The van der Waals surface area contributed by atoms with Crippen molar-refractivity contribution in [2.75, 3.05) is 11.9 Å². The smallest absolute Gasteiger partial charge is 0.395 e. The van der Waals surface area contributed by atoms with E-state index in [2.05, 4.69) is 5.32 Å². The maximum atomic E-state index is 14.1. The number of alkyl halides is 3. The van der Waals surface area contributed by atoms with Crippen molar-refractivity contribution in [3.8, 4) is 16.9 Å². The van der Waals surface area contributed by atoms with Crippen LogP contribution >= 0.6 is 11.6 Å². The standard InChI is InChI=1S/C25H20ClF4N3O4/c1-12(24(36)32-16-4-5-17(23(31)35)20(27)8-16)33-10-21-19(9-22(33)34)18-7-15(26)3-2-13(18)6-14(11-37-21)25(28,29)30/h2-5,7-10,12,14H,6,11H2,1H3,(H2,31,35)(H,32,36)/t12-,14+/m0/s1. The highest BCUT2D eigenvalue weighted by Crippen LogP contribution is 2.40. The lowest BCUT2D eigenvalue weighted by atomic mass is 9.91. The first kappa shape index (κ1) is 26.2. The molecule has 0 spiro atoms. The van der Waals surface area contributed by atoms with Gasteiger partial charge in [0.15, 0.2) is 0 Å². The molecule has 1 aliphatic heterocycles. The van der Waals surface area contributed by atoms with Crippen LogP contribution in [0.3, 0.4) is 0 Å². The highest BCUT2D eigenvalue weighted by molar-refractivity contribution is 6.30. The number of amides is 2. The summed E-state index contributed by atoms with van der Waals surface area (Å²) in [6.45, 7) is 0.687. The Hall–Kier alpha value is -3.86. The van der Waals surface area contributed by atoms with Crippen LogP contribution in [0.5, 0.6) is 5.75 Å². The van der Waals surface area contributed by atoms with Crippen LogP contribution in [-0.4, -0.2) is 29.2 Å². The average Bonchev–Trinajstić information content (AvgIpc) is 2.80. The van der Waals surface area contributed by atoms with E-state index in [0.717, 1.165) is 16.7 Å². The molecule has 0 aliphatic carbocycles. The molecule has 3 aromatic rings. The SMILES string of the molecule is C[C@@H](C(=O)Nc1ccc(C(N)=O)c(F)c1)n1cc2c(cc1=O)-c1cc(Cl)ccc1C[C@@H](C(F)(F)F)CO2. The van der Waals surface area contributed by atoms with Gasteiger partial charge in [0.1, 0.15) is 24.2 Å². The Bertz CT molecular complexity index is 1450. The molecule has 12 heteroatoms. The van der Waals surface area contributed by atoms with Crippen molar-refractivity contribution in [3.05, 3.63) is 81.0 Å². The van der Waals surface area contributed by atoms with Gasteiger partial charge < -0.3 is 15.8 Å². The van der Waals surface area contributed by atoms with Gasteiger partial charge in [-0.1, -0.05) is 17.7 Å². The summed E-state index contributed by atoms with van der Waals surface area (Å²) in [4.78, 5) is 37.0. The Morgan fingerprint density at radius 2 is 1.89 bits per heavy atom. The highest BCUT2D eigenvalue weighted by Gasteiger charge is 2.41. The molecule has 0 saturated heterocycles. The van der Waals surface area contributed by atoms with Crippen molar-refractivity contribution in [1.29, 1.82) is 0 Å². The van der Waals surface area contributed by atoms with Crippen molar-refractivity contribution < 1.29 is 31.9 Å². The van der Waals surface area contributed by atoms with E-state index in [0.29, 0.717) is 11.1 Å². The number of halogens is 5. The third kappa shape index (κ3) is 5.46. The Labute approximate surface area is 212 Å². The average molecular weight is 538 g/mol. The van der Waals surface area contributed by atoms with E-state index in [1.807, 2.05) is 0 Å². The fourth-order valence-electron chi connectivity index (χ4n) is 4.02. The lowest BCUT2D eigenvalue weighted by Gasteiger charge is -2.27. The van der Waals surface area contributed by atoms with Gasteiger partial charge in [-0.25, -0.2) is 4.39 Å². The van der Waals surface area contributed by atoms with Gasteiger partial charge in [-0.2, -0.15) is 13.2 Å². The van der Waals surface area contributed by atoms with E-state index in [-0.39, 0.29) is 34.0 Å². The first-order valence-electron chi connectivity index (χ1n) is 11.0. The second-order valence-electron chi connectivity index (χ2n) is 8.58. The van der Waals surface area contributed by atoms with Crippen molar-refractivity contribution in [2.24, 2.45) is 11.7 Å². The second-order valence-corrected chi connectivity index (χ2v) is 9.01. The van der Waals surface area contributed by atoms with E-state index in [4.69, 9.17) is 22.1 Å². The van der Waals surface area contributed by atoms with Crippen molar-refractivity contribution in [2.45, 2.75) is 25.6 Å². The topological polar surface area (TPSA) is 103 Å². The largest absolute Gasteiger partial charge is 0.491 e. The lowest BCUT2D eigenvalue weighted by Crippen LogP contribution is -2.34. The predicted molar refractivity (Wildman–Crippen MR) is 128 cm³/mol. The second kappa shape index (κ2) is 9.89. The molecule has 4 rings (SSSR count). The molecule has 3 N–H and O–H groups in total. The maximum absolute atomic E-state index is 14.1. The summed E-state index contributed by atoms with van der Waals surface area (Å²) in [5.74, 6) is -4.49. The van der Waals surface area contributed by atoms with E-state index in [1.165, 1.54) is 43.5 Å². The molecular weight excluding hydrogens is 518 g/mol. The molecule has 0 unspecified atom stereocenters. The summed E-state index contributed by atoms with van der Waals surface area (Å²) in [6.07, 6.45) is -3.72. The molecule has 1 aliphatic rings. The number of carbonyl (C=O) groups excluding carboxylic acids is 2. The summed E-state index contributed by atoms with van der Waals surface area (Å²) in [6, 6.07) is 7.68. The molecule has 37 heavy (non-hydrogen) atoms. The van der Waals surface area contributed by atoms with Crippen LogP contribution in [0.15, 0.2) is 53.5 Å². The van der Waals surface area contributed by atoms with E-state index in [1.54, 1.807) is 0 Å². The number of fused-ring (bicyclic) bond motifs is 3. The normalized spacial score (nSPS) is 15.9. The molecule has 1 aromatic heterocycles. The maximum Gasteiger partial charge on any atom is 0.395 e. The third-order valence-electron chi connectivity index (χ3n) is 6.07. The number of benzene rings is 2. The number of anilines is 1. The number of hydrogen-bond donors (Lipinski definition) is 2. The Balaban J connectivity index is 1.70. The summed E-state index contributed by atoms with van der Waals surface area (Å²) in [7, 11) is 0. The summed E-state index contributed by atoms with van der Waals surface area (Å²) in [5, 5.41) is 2.69. The molecule has 0 bridgehead atoms. The number of nitrogens with zero attached hydrogens (tertiary/aromatic N) is 1. The van der Waals surface area contributed by atoms with E-state index >= 15 is 0 Å². The zero-order valence-corrected chi connectivity index (χ0v) is 20.0. The van der Waals surface area contributed by atoms with Crippen LogP contribution in [0.25, 0.3) is 11.1 Å². The van der Waals surface area contributed by atoms with Crippen LogP contribution in [0, 0.1) is 11.7 Å². The van der Waals surface area contributed by atoms with Gasteiger partial charge in [0.2, 0.25) is 5.91 Å². The fourth-order valence-corrected chi connectivity index (χ4v) is 4.20. The first-order valence-corrected chi connectivity index (χ1v) is 11.4. The predicted octanol–water partition coefficient (Wildman–Crippen LogP) is 4.72. The third-order valence-corrected chi connectivity index (χ3v) is 6.31. The minimum atomic E-state index is -4.53. The van der Waals surface area contributed by atoms with Gasteiger partial charge in [-0.15, -0.1) is 0 Å². The van der Waals surface area contributed by atoms with Gasteiger partial charge in [0, 0.05) is 22.3 Å². The molecule has 0 radical (unpaired) electrons. The fraction of sp³-hybridized carbons (Fsp3) is 0.240. The van der Waals surface area contributed by atoms with Crippen molar-refractivity contribution in [3.63, 3.8) is 0 Å². The van der Waals surface area contributed by atoms with Crippen LogP contribution < -0.4 is 21.3 Å². The molecule has 194 valence electrons. The van der Waals surface area contributed by atoms with Gasteiger partial charge in [-0.3, -0.25) is 19.0 Å². The molecule has 2 amide bonds. The molecule has 2 heterocycles. The lowest BCUT2D eigenvalue weighted by molar-refractivity contribution is -0.181. The number of carbonyl (C=O) groups is 2. The highest BCUT2D eigenvalue weighted by atomic mass is 35.5. The van der Waals surface area contributed by atoms with E-state index < -0.39 is 47.9 Å². The van der Waals surface area contributed by atoms with Gasteiger partial charge in [0.25, 0.3) is 11.5 Å². The quantitative estimate of drug-likeness (QED) is 0.470. The molecule has 2 aromatic carbocycles. The molecule has 0 saturated carbocycles. The number of nitrogens with two attached hydrogens (primary N) is 1. The van der Waals surface area contributed by atoms with Gasteiger partial charge in [0.05, 0.1) is 17.7 Å². The number of aromatic nitrogens is 1. The van der Waals surface area contributed by atoms with Gasteiger partial charge in [-0.05, 0) is 54.8 Å². The summed E-state index contributed by atoms with van der Waals surface area (Å²) < 4.78 is 61.4. The zero-order chi connectivity index (χ0) is 27.1. The number of pyridine rings is 1. The van der Waals surface area contributed by atoms with Crippen LogP contribution in [0.2, 0.25) is 5.02 Å². The Morgan fingerprint density at radius 1 is 1.16 bits per heavy atom. The number of nitrogens with one attached hydrogen (secondary N) is 1.